The summed E-state index contributed by atoms with van der Waals surface area (Å²) in [6, 6.07) is 11.1. The highest BCUT2D eigenvalue weighted by Gasteiger charge is 2.12. The first-order valence-corrected chi connectivity index (χ1v) is 7.49. The third kappa shape index (κ3) is 4.84. The topological polar surface area (TPSA) is 93.1 Å². The number of ketones is 1. The number of carbonyl (C=O) groups excluding carboxylic acids is 1. The fourth-order valence-corrected chi connectivity index (χ4v) is 2.05. The Bertz CT molecular complexity index is 809. The molecule has 25 heavy (non-hydrogen) atoms. The minimum Gasteiger partial charge on any atom is -0.504 e. The molecular formula is C19H18O6. The predicted molar refractivity (Wildman–Crippen MR) is 92.2 cm³/mol. The number of rotatable bonds is 7. The van der Waals surface area contributed by atoms with Gasteiger partial charge in [-0.2, -0.15) is 0 Å². The molecule has 0 radical (unpaired) electrons. The van der Waals surface area contributed by atoms with E-state index in [2.05, 4.69) is 0 Å². The Kier molecular flexibility index (Phi) is 5.79. The van der Waals surface area contributed by atoms with Crippen LogP contribution in [0.25, 0.3) is 6.08 Å². The first-order valence-electron chi connectivity index (χ1n) is 7.49. The van der Waals surface area contributed by atoms with Gasteiger partial charge >= 0.3 is 5.97 Å². The van der Waals surface area contributed by atoms with Gasteiger partial charge < -0.3 is 19.7 Å². The van der Waals surface area contributed by atoms with Crippen molar-refractivity contribution < 1.29 is 29.3 Å². The summed E-state index contributed by atoms with van der Waals surface area (Å²) in [5.74, 6) is -0.741. The first-order chi connectivity index (χ1) is 11.9. The molecule has 2 aromatic carbocycles. The molecule has 0 bridgehead atoms. The summed E-state index contributed by atoms with van der Waals surface area (Å²) in [4.78, 5) is 23.0. The Morgan fingerprint density at radius 1 is 1.16 bits per heavy atom. The molecule has 2 N–H and O–H groups in total. The van der Waals surface area contributed by atoms with E-state index in [1.165, 1.54) is 38.3 Å². The van der Waals surface area contributed by atoms with Crippen LogP contribution in [0.15, 0.2) is 48.5 Å². The molecule has 0 aliphatic rings. The summed E-state index contributed by atoms with van der Waals surface area (Å²) >= 11 is 0. The van der Waals surface area contributed by atoms with Gasteiger partial charge in [0.25, 0.3) is 0 Å². The Hall–Kier alpha value is -3.28. The number of phenolic OH excluding ortho intramolecular Hbond substituents is 1. The number of carboxylic acid groups (broad SMARTS) is 1. The molecule has 0 aromatic heterocycles. The average Bonchev–Trinajstić information content (AvgIpc) is 2.60. The molecular weight excluding hydrogens is 324 g/mol. The molecule has 0 saturated heterocycles. The predicted octanol–water partition coefficient (Wildman–Crippen LogP) is 3.15. The van der Waals surface area contributed by atoms with Crippen LogP contribution in [0.4, 0.5) is 0 Å². The van der Waals surface area contributed by atoms with E-state index in [9.17, 15) is 14.7 Å². The number of aliphatic carboxylic acids is 1. The second-order valence-corrected chi connectivity index (χ2v) is 5.26. The molecule has 6 heteroatoms. The van der Waals surface area contributed by atoms with Gasteiger partial charge in [-0.3, -0.25) is 4.79 Å². The normalized spacial score (nSPS) is 11.9. The fraction of sp³-hybridized carbons (Fsp3) is 0.158. The highest BCUT2D eigenvalue weighted by Crippen LogP contribution is 2.26. The van der Waals surface area contributed by atoms with Gasteiger partial charge in [-0.15, -0.1) is 0 Å². The summed E-state index contributed by atoms with van der Waals surface area (Å²) in [5.41, 5.74) is 1.06. The molecule has 2 rings (SSSR count). The maximum absolute atomic E-state index is 12.2. The highest BCUT2D eigenvalue weighted by molar-refractivity contribution is 6.07. The van der Waals surface area contributed by atoms with Gasteiger partial charge in [0.05, 0.1) is 7.11 Å². The lowest BCUT2D eigenvalue weighted by atomic mass is 10.1. The number of benzene rings is 2. The number of hydrogen-bond acceptors (Lipinski definition) is 5. The minimum atomic E-state index is -1.06. The highest BCUT2D eigenvalue weighted by atomic mass is 16.5. The van der Waals surface area contributed by atoms with E-state index >= 15 is 0 Å². The largest absolute Gasteiger partial charge is 0.504 e. The SMILES string of the molecule is COc1cc(C(=O)C=Cc2cccc(OC(C)C(=O)O)c2)ccc1O. The number of allylic oxidation sites excluding steroid dienone is 1. The number of aromatic hydroxyl groups is 1. The Balaban J connectivity index is 2.13. The molecule has 0 amide bonds. The monoisotopic (exact) mass is 342 g/mol. The van der Waals surface area contributed by atoms with Crippen LogP contribution in [0.1, 0.15) is 22.8 Å². The quantitative estimate of drug-likeness (QED) is 0.593. The van der Waals surface area contributed by atoms with Crippen molar-refractivity contribution in [2.24, 2.45) is 0 Å². The number of phenols is 1. The van der Waals surface area contributed by atoms with Gasteiger partial charge in [0, 0.05) is 5.56 Å². The van der Waals surface area contributed by atoms with Gasteiger partial charge in [0.2, 0.25) is 0 Å². The summed E-state index contributed by atoms with van der Waals surface area (Å²) in [6.45, 7) is 1.44. The van der Waals surface area contributed by atoms with Gasteiger partial charge in [0.15, 0.2) is 23.4 Å². The van der Waals surface area contributed by atoms with Crippen LogP contribution in [0.5, 0.6) is 17.2 Å². The second kappa shape index (κ2) is 8.01. The molecule has 0 spiro atoms. The summed E-state index contributed by atoms with van der Waals surface area (Å²) < 4.78 is 10.3. The smallest absolute Gasteiger partial charge is 0.344 e. The van der Waals surface area contributed by atoms with Crippen LogP contribution in [0, 0.1) is 0 Å². The van der Waals surface area contributed by atoms with E-state index in [4.69, 9.17) is 14.6 Å². The van der Waals surface area contributed by atoms with Gasteiger partial charge in [-0.1, -0.05) is 18.2 Å². The summed E-state index contributed by atoms with van der Waals surface area (Å²) in [7, 11) is 1.41. The number of hydrogen-bond donors (Lipinski definition) is 2. The number of methoxy groups -OCH3 is 1. The number of carbonyl (C=O) groups is 2. The van der Waals surface area contributed by atoms with E-state index in [1.807, 2.05) is 0 Å². The number of ether oxygens (including phenoxy) is 2. The number of carboxylic acids is 1. The van der Waals surface area contributed by atoms with E-state index in [1.54, 1.807) is 30.3 Å². The molecule has 1 atom stereocenters. The summed E-state index contributed by atoms with van der Waals surface area (Å²) in [5, 5.41) is 18.4. The first kappa shape index (κ1) is 18.1. The van der Waals surface area contributed by atoms with Crippen molar-refractivity contribution in [2.45, 2.75) is 13.0 Å². The maximum atomic E-state index is 12.2. The molecule has 0 heterocycles. The standard InChI is InChI=1S/C19H18O6/c1-12(19(22)23)25-15-5-3-4-13(10-15)6-8-16(20)14-7-9-17(21)18(11-14)24-2/h3-12,21H,1-2H3,(H,22,23). The van der Waals surface area contributed by atoms with Crippen molar-refractivity contribution >= 4 is 17.8 Å². The zero-order valence-electron chi connectivity index (χ0n) is 13.8. The van der Waals surface area contributed by atoms with Crippen molar-refractivity contribution in [1.82, 2.24) is 0 Å². The molecule has 6 nitrogen and oxygen atoms in total. The van der Waals surface area contributed by atoms with Crippen LogP contribution in [0.2, 0.25) is 0 Å². The van der Waals surface area contributed by atoms with Crippen LogP contribution in [-0.4, -0.2) is 35.2 Å². The fourth-order valence-electron chi connectivity index (χ4n) is 2.05. The van der Waals surface area contributed by atoms with E-state index in [0.29, 0.717) is 16.9 Å². The lowest BCUT2D eigenvalue weighted by Crippen LogP contribution is -2.22. The maximum Gasteiger partial charge on any atom is 0.344 e. The Labute approximate surface area is 144 Å². The second-order valence-electron chi connectivity index (χ2n) is 5.26. The molecule has 2 aromatic rings. The third-order valence-corrected chi connectivity index (χ3v) is 3.41. The van der Waals surface area contributed by atoms with Crippen molar-refractivity contribution in [2.75, 3.05) is 7.11 Å². The van der Waals surface area contributed by atoms with Crippen molar-refractivity contribution in [3.63, 3.8) is 0 Å². The van der Waals surface area contributed by atoms with Crippen LogP contribution >= 0.6 is 0 Å². The van der Waals surface area contributed by atoms with Crippen molar-refractivity contribution in [1.29, 1.82) is 0 Å². The molecule has 0 fully saturated rings. The van der Waals surface area contributed by atoms with Crippen LogP contribution < -0.4 is 9.47 Å². The summed E-state index contributed by atoms with van der Waals surface area (Å²) in [6.07, 6.45) is 2.01. The molecule has 0 saturated carbocycles. The zero-order chi connectivity index (χ0) is 18.4. The van der Waals surface area contributed by atoms with E-state index in [-0.39, 0.29) is 17.3 Å². The molecule has 130 valence electrons. The van der Waals surface area contributed by atoms with Crippen LogP contribution in [-0.2, 0) is 4.79 Å². The van der Waals surface area contributed by atoms with Crippen LogP contribution in [0.3, 0.4) is 0 Å². The lowest BCUT2D eigenvalue weighted by molar-refractivity contribution is -0.144. The molecule has 0 aliphatic heterocycles. The van der Waals surface area contributed by atoms with Crippen molar-refractivity contribution in [3.8, 4) is 17.2 Å². The van der Waals surface area contributed by atoms with Gasteiger partial charge in [-0.25, -0.2) is 4.79 Å². The lowest BCUT2D eigenvalue weighted by Gasteiger charge is -2.10. The Morgan fingerprint density at radius 3 is 2.60 bits per heavy atom. The zero-order valence-corrected chi connectivity index (χ0v) is 13.8. The molecule has 1 unspecified atom stereocenters. The Morgan fingerprint density at radius 2 is 1.92 bits per heavy atom. The minimum absolute atomic E-state index is 0.0413. The van der Waals surface area contributed by atoms with Gasteiger partial charge in [-0.05, 0) is 48.9 Å². The van der Waals surface area contributed by atoms with E-state index in [0.717, 1.165) is 0 Å². The van der Waals surface area contributed by atoms with Crippen molar-refractivity contribution in [3.05, 3.63) is 59.7 Å². The third-order valence-electron chi connectivity index (χ3n) is 3.41. The average molecular weight is 342 g/mol. The van der Waals surface area contributed by atoms with Gasteiger partial charge in [0.1, 0.15) is 5.75 Å². The molecule has 0 aliphatic carbocycles. The van der Waals surface area contributed by atoms with E-state index < -0.39 is 12.1 Å².